The Labute approximate surface area is 110 Å². The maximum atomic E-state index is 11.4. The zero-order valence-corrected chi connectivity index (χ0v) is 10.7. The highest BCUT2D eigenvalue weighted by Crippen LogP contribution is 2.22. The molecule has 1 aromatic carbocycles. The van der Waals surface area contributed by atoms with Gasteiger partial charge in [0, 0.05) is 6.61 Å². The van der Waals surface area contributed by atoms with Crippen molar-refractivity contribution >= 4 is 29.2 Å². The number of halogens is 1. The van der Waals surface area contributed by atoms with Gasteiger partial charge in [0.1, 0.15) is 6.61 Å². The number of rotatable bonds is 6. The number of carbonyl (C=O) groups is 2. The first kappa shape index (κ1) is 14.5. The number of amides is 1. The van der Waals surface area contributed by atoms with Gasteiger partial charge in [-0.05, 0) is 24.6 Å². The average Bonchev–Trinajstić information content (AvgIpc) is 2.32. The predicted octanol–water partition coefficient (Wildman–Crippen LogP) is 2.40. The summed E-state index contributed by atoms with van der Waals surface area (Å²) in [5.74, 6) is -1.39. The van der Waals surface area contributed by atoms with Gasteiger partial charge in [-0.1, -0.05) is 18.5 Å². The van der Waals surface area contributed by atoms with Gasteiger partial charge in [-0.3, -0.25) is 4.79 Å². The van der Waals surface area contributed by atoms with E-state index in [1.165, 1.54) is 18.2 Å². The zero-order valence-electron chi connectivity index (χ0n) is 9.90. The lowest BCUT2D eigenvalue weighted by molar-refractivity contribution is -0.120. The Morgan fingerprint density at radius 3 is 2.72 bits per heavy atom. The summed E-state index contributed by atoms with van der Waals surface area (Å²) in [6.45, 7) is 2.41. The zero-order chi connectivity index (χ0) is 13.5. The van der Waals surface area contributed by atoms with E-state index in [-0.39, 0.29) is 23.1 Å². The largest absolute Gasteiger partial charge is 0.478 e. The number of carboxylic acids is 1. The van der Waals surface area contributed by atoms with Gasteiger partial charge in [-0.2, -0.15) is 0 Å². The SMILES string of the molecule is CCCOCC(=O)Nc1ccc(C(=O)O)cc1Cl. The monoisotopic (exact) mass is 271 g/mol. The van der Waals surface area contributed by atoms with Crippen molar-refractivity contribution in [2.75, 3.05) is 18.5 Å². The minimum atomic E-state index is -1.07. The van der Waals surface area contributed by atoms with Gasteiger partial charge in [0.2, 0.25) is 5.91 Å². The number of benzene rings is 1. The van der Waals surface area contributed by atoms with Crippen molar-refractivity contribution in [3.05, 3.63) is 28.8 Å². The second-order valence-corrected chi connectivity index (χ2v) is 4.01. The minimum absolute atomic E-state index is 0.0507. The molecule has 0 radical (unpaired) electrons. The van der Waals surface area contributed by atoms with E-state index in [2.05, 4.69) is 5.32 Å². The van der Waals surface area contributed by atoms with Gasteiger partial charge < -0.3 is 15.2 Å². The van der Waals surface area contributed by atoms with Crippen molar-refractivity contribution in [2.24, 2.45) is 0 Å². The third-order valence-electron chi connectivity index (χ3n) is 2.07. The molecule has 0 saturated carbocycles. The lowest BCUT2D eigenvalue weighted by Gasteiger charge is -2.08. The molecule has 0 atom stereocenters. The Morgan fingerprint density at radius 2 is 2.17 bits per heavy atom. The van der Waals surface area contributed by atoms with Crippen molar-refractivity contribution in [2.45, 2.75) is 13.3 Å². The fourth-order valence-electron chi connectivity index (χ4n) is 1.25. The van der Waals surface area contributed by atoms with E-state index in [0.29, 0.717) is 12.3 Å². The van der Waals surface area contributed by atoms with E-state index in [4.69, 9.17) is 21.4 Å². The number of hydrogen-bond donors (Lipinski definition) is 2. The average molecular weight is 272 g/mol. The Balaban J connectivity index is 2.62. The van der Waals surface area contributed by atoms with Crippen LogP contribution in [0, 0.1) is 0 Å². The molecule has 0 aliphatic rings. The normalized spacial score (nSPS) is 10.1. The highest BCUT2D eigenvalue weighted by Gasteiger charge is 2.09. The van der Waals surface area contributed by atoms with Crippen LogP contribution in [0.2, 0.25) is 5.02 Å². The summed E-state index contributed by atoms with van der Waals surface area (Å²) in [6, 6.07) is 4.10. The van der Waals surface area contributed by atoms with Crippen molar-refractivity contribution < 1.29 is 19.4 Å². The van der Waals surface area contributed by atoms with Gasteiger partial charge in [-0.15, -0.1) is 0 Å². The van der Waals surface area contributed by atoms with Crippen molar-refractivity contribution in [1.82, 2.24) is 0 Å². The summed E-state index contributed by atoms with van der Waals surface area (Å²) in [5, 5.41) is 11.5. The van der Waals surface area contributed by atoms with E-state index in [9.17, 15) is 9.59 Å². The second kappa shape index (κ2) is 6.98. The van der Waals surface area contributed by atoms with Gasteiger partial charge >= 0.3 is 5.97 Å². The smallest absolute Gasteiger partial charge is 0.335 e. The highest BCUT2D eigenvalue weighted by molar-refractivity contribution is 6.34. The maximum absolute atomic E-state index is 11.4. The summed E-state index contributed by atoms with van der Waals surface area (Å²) < 4.78 is 5.07. The molecular formula is C12H14ClNO4. The third-order valence-corrected chi connectivity index (χ3v) is 2.38. The summed E-state index contributed by atoms with van der Waals surface area (Å²) in [4.78, 5) is 22.1. The Kier molecular flexibility index (Phi) is 5.61. The molecule has 0 aromatic heterocycles. The molecule has 0 heterocycles. The Bertz CT molecular complexity index is 448. The van der Waals surface area contributed by atoms with Crippen LogP contribution >= 0.6 is 11.6 Å². The number of aromatic carboxylic acids is 1. The molecule has 0 bridgehead atoms. The quantitative estimate of drug-likeness (QED) is 0.779. The lowest BCUT2D eigenvalue weighted by Crippen LogP contribution is -2.18. The molecule has 98 valence electrons. The Hall–Kier alpha value is -1.59. The molecule has 0 spiro atoms. The fourth-order valence-corrected chi connectivity index (χ4v) is 1.47. The topological polar surface area (TPSA) is 75.6 Å². The molecule has 0 fully saturated rings. The first-order valence-electron chi connectivity index (χ1n) is 5.45. The number of carbonyl (C=O) groups excluding carboxylic acids is 1. The molecule has 1 aromatic rings. The van der Waals surface area contributed by atoms with E-state index < -0.39 is 5.97 Å². The summed E-state index contributed by atoms with van der Waals surface area (Å²) >= 11 is 5.86. The van der Waals surface area contributed by atoms with E-state index in [1.54, 1.807) is 0 Å². The second-order valence-electron chi connectivity index (χ2n) is 3.60. The number of ether oxygens (including phenoxy) is 1. The summed E-state index contributed by atoms with van der Waals surface area (Å²) in [5.41, 5.74) is 0.437. The van der Waals surface area contributed by atoms with E-state index >= 15 is 0 Å². The van der Waals surface area contributed by atoms with Crippen LogP contribution in [-0.4, -0.2) is 30.2 Å². The molecule has 0 aliphatic heterocycles. The number of anilines is 1. The van der Waals surface area contributed by atoms with E-state index in [1.807, 2.05) is 6.92 Å². The van der Waals surface area contributed by atoms with E-state index in [0.717, 1.165) is 6.42 Å². The van der Waals surface area contributed by atoms with Crippen LogP contribution in [0.4, 0.5) is 5.69 Å². The van der Waals surface area contributed by atoms with Crippen molar-refractivity contribution in [1.29, 1.82) is 0 Å². The number of nitrogens with one attached hydrogen (secondary N) is 1. The van der Waals surface area contributed by atoms with Crippen molar-refractivity contribution in [3.8, 4) is 0 Å². The first-order valence-corrected chi connectivity index (χ1v) is 5.82. The number of hydrogen-bond acceptors (Lipinski definition) is 3. The van der Waals surface area contributed by atoms with Crippen LogP contribution in [0.1, 0.15) is 23.7 Å². The summed E-state index contributed by atoms with van der Waals surface area (Å²) in [6.07, 6.45) is 0.835. The highest BCUT2D eigenvalue weighted by atomic mass is 35.5. The molecule has 5 nitrogen and oxygen atoms in total. The molecule has 1 rings (SSSR count). The summed E-state index contributed by atoms with van der Waals surface area (Å²) in [7, 11) is 0. The van der Waals surface area contributed by atoms with Crippen molar-refractivity contribution in [3.63, 3.8) is 0 Å². The van der Waals surface area contributed by atoms with Crippen LogP contribution in [0.25, 0.3) is 0 Å². The maximum Gasteiger partial charge on any atom is 0.335 e. The van der Waals surface area contributed by atoms with Crippen LogP contribution in [-0.2, 0) is 9.53 Å². The lowest BCUT2D eigenvalue weighted by atomic mass is 10.2. The predicted molar refractivity (Wildman–Crippen MR) is 68.2 cm³/mol. The van der Waals surface area contributed by atoms with Crippen LogP contribution in [0.15, 0.2) is 18.2 Å². The van der Waals surface area contributed by atoms with Gasteiger partial charge in [0.25, 0.3) is 0 Å². The molecule has 0 saturated heterocycles. The molecule has 6 heteroatoms. The number of carboxylic acid groups (broad SMARTS) is 1. The minimum Gasteiger partial charge on any atom is -0.478 e. The third kappa shape index (κ3) is 4.35. The first-order chi connectivity index (χ1) is 8.54. The molecule has 18 heavy (non-hydrogen) atoms. The standard InChI is InChI=1S/C12H14ClNO4/c1-2-5-18-7-11(15)14-10-4-3-8(12(16)17)6-9(10)13/h3-4,6H,2,5,7H2,1H3,(H,14,15)(H,16,17). The van der Waals surface area contributed by atoms with Crippen LogP contribution < -0.4 is 5.32 Å². The molecule has 0 aliphatic carbocycles. The molecule has 1 amide bonds. The Morgan fingerprint density at radius 1 is 1.44 bits per heavy atom. The van der Waals surface area contributed by atoms with Gasteiger partial charge in [-0.25, -0.2) is 4.79 Å². The molecule has 0 unspecified atom stereocenters. The van der Waals surface area contributed by atoms with Crippen LogP contribution in [0.3, 0.4) is 0 Å². The fraction of sp³-hybridized carbons (Fsp3) is 0.333. The molecule has 2 N–H and O–H groups in total. The van der Waals surface area contributed by atoms with Gasteiger partial charge in [0.15, 0.2) is 0 Å². The van der Waals surface area contributed by atoms with Crippen LogP contribution in [0.5, 0.6) is 0 Å². The van der Waals surface area contributed by atoms with Gasteiger partial charge in [0.05, 0.1) is 16.3 Å². The molecular weight excluding hydrogens is 258 g/mol.